The fraction of sp³-hybridized carbons (Fsp3) is 0.707. The van der Waals surface area contributed by atoms with Gasteiger partial charge in [0.15, 0.2) is 0 Å². The zero-order valence-electron chi connectivity index (χ0n) is 29.7. The first-order valence-electron chi connectivity index (χ1n) is 18.4. The molecule has 0 spiro atoms. The van der Waals surface area contributed by atoms with Crippen LogP contribution in [0.2, 0.25) is 0 Å². The van der Waals surface area contributed by atoms with E-state index >= 15 is 0 Å². The van der Waals surface area contributed by atoms with Gasteiger partial charge in [0.1, 0.15) is 0 Å². The summed E-state index contributed by atoms with van der Waals surface area (Å²) in [6.45, 7) is 7.79. The van der Waals surface area contributed by atoms with Gasteiger partial charge in [0.2, 0.25) is 0 Å². The van der Waals surface area contributed by atoms with Crippen molar-refractivity contribution in [2.75, 3.05) is 40.5 Å². The van der Waals surface area contributed by atoms with E-state index in [9.17, 15) is 0 Å². The highest BCUT2D eigenvalue weighted by molar-refractivity contribution is 4.98. The third-order valence-electron chi connectivity index (χ3n) is 7.44. The molecule has 0 bridgehead atoms. The number of nitrogens with zero attached hydrogens (tertiary/aromatic N) is 1. The molecule has 0 aliphatic rings. The number of rotatable bonds is 33. The van der Waals surface area contributed by atoms with Crippen LogP contribution in [0.4, 0.5) is 0 Å². The van der Waals surface area contributed by atoms with Crippen LogP contribution in [0.15, 0.2) is 72.9 Å². The lowest BCUT2D eigenvalue weighted by atomic mass is 10.2. The molecule has 1 atom stereocenters. The molecule has 254 valence electrons. The first kappa shape index (κ1) is 42.3. The Morgan fingerprint density at radius 3 is 1.25 bits per heavy atom. The van der Waals surface area contributed by atoms with Crippen molar-refractivity contribution in [3.8, 4) is 0 Å². The van der Waals surface area contributed by atoms with Crippen molar-refractivity contribution >= 4 is 0 Å². The van der Waals surface area contributed by atoms with E-state index in [-0.39, 0.29) is 6.10 Å². The van der Waals surface area contributed by atoms with Crippen molar-refractivity contribution in [1.29, 1.82) is 0 Å². The van der Waals surface area contributed by atoms with Gasteiger partial charge in [-0.05, 0) is 104 Å². The molecule has 0 amide bonds. The summed E-state index contributed by atoms with van der Waals surface area (Å²) < 4.78 is 12.2. The summed E-state index contributed by atoms with van der Waals surface area (Å²) in [5.41, 5.74) is 0. The molecule has 0 fully saturated rings. The fourth-order valence-corrected chi connectivity index (χ4v) is 4.79. The number of ether oxygens (including phenoxy) is 2. The van der Waals surface area contributed by atoms with Gasteiger partial charge in [0.05, 0.1) is 12.7 Å². The molecule has 44 heavy (non-hydrogen) atoms. The molecule has 0 N–H and O–H groups in total. The van der Waals surface area contributed by atoms with Crippen molar-refractivity contribution in [2.45, 2.75) is 148 Å². The van der Waals surface area contributed by atoms with Crippen molar-refractivity contribution in [3.63, 3.8) is 0 Å². The van der Waals surface area contributed by atoms with Gasteiger partial charge in [-0.25, -0.2) is 0 Å². The minimum Gasteiger partial charge on any atom is -0.379 e. The Kier molecular flexibility index (Phi) is 36.1. The maximum absolute atomic E-state index is 6.19. The smallest absolute Gasteiger partial charge is 0.0934 e. The zero-order valence-corrected chi connectivity index (χ0v) is 29.7. The van der Waals surface area contributed by atoms with Crippen LogP contribution in [-0.2, 0) is 9.47 Å². The van der Waals surface area contributed by atoms with Crippen LogP contribution >= 0.6 is 0 Å². The highest BCUT2D eigenvalue weighted by Crippen LogP contribution is 2.07. The molecule has 0 saturated carbocycles. The highest BCUT2D eigenvalue weighted by Gasteiger charge is 2.10. The molecule has 0 aromatic heterocycles. The largest absolute Gasteiger partial charge is 0.379 e. The molecule has 0 aliphatic heterocycles. The molecule has 0 saturated heterocycles. The summed E-state index contributed by atoms with van der Waals surface area (Å²) in [7, 11) is 4.22. The van der Waals surface area contributed by atoms with Crippen molar-refractivity contribution in [2.24, 2.45) is 0 Å². The minimum atomic E-state index is 0.162. The number of hydrogen-bond donors (Lipinski definition) is 0. The maximum atomic E-state index is 6.19. The second-order valence-corrected chi connectivity index (χ2v) is 12.3. The molecule has 1 unspecified atom stereocenters. The van der Waals surface area contributed by atoms with Crippen LogP contribution in [0, 0.1) is 0 Å². The summed E-state index contributed by atoms with van der Waals surface area (Å²) in [6.07, 6.45) is 51.9. The molecule has 0 aromatic carbocycles. The summed E-state index contributed by atoms with van der Waals surface area (Å²) in [5.74, 6) is 0. The van der Waals surface area contributed by atoms with Crippen LogP contribution in [0.25, 0.3) is 0 Å². The lowest BCUT2D eigenvalue weighted by molar-refractivity contribution is -0.0287. The lowest BCUT2D eigenvalue weighted by Crippen LogP contribution is -2.32. The van der Waals surface area contributed by atoms with Gasteiger partial charge in [-0.3, -0.25) is 0 Å². The highest BCUT2D eigenvalue weighted by atomic mass is 16.5. The molecule has 3 heteroatoms. The predicted octanol–water partition coefficient (Wildman–Crippen LogP) is 12.1. The minimum absolute atomic E-state index is 0.162. The molecule has 3 nitrogen and oxygen atoms in total. The van der Waals surface area contributed by atoms with Gasteiger partial charge in [-0.2, -0.15) is 0 Å². The van der Waals surface area contributed by atoms with E-state index in [1.54, 1.807) is 0 Å². The second-order valence-electron chi connectivity index (χ2n) is 12.3. The van der Waals surface area contributed by atoms with Crippen molar-refractivity contribution < 1.29 is 9.47 Å². The summed E-state index contributed by atoms with van der Waals surface area (Å²) in [4.78, 5) is 2.20. The summed E-state index contributed by atoms with van der Waals surface area (Å²) >= 11 is 0. The predicted molar refractivity (Wildman–Crippen MR) is 198 cm³/mol. The molecular formula is C41H73NO2. The van der Waals surface area contributed by atoms with Crippen molar-refractivity contribution in [1.82, 2.24) is 4.90 Å². The van der Waals surface area contributed by atoms with Gasteiger partial charge in [0.25, 0.3) is 0 Å². The number of allylic oxidation sites excluding steroid dienone is 12. The van der Waals surface area contributed by atoms with Crippen LogP contribution in [0.3, 0.4) is 0 Å². The van der Waals surface area contributed by atoms with E-state index in [0.29, 0.717) is 6.61 Å². The molecule has 0 aromatic rings. The standard InChI is InChI=1S/C41H73NO2/c1-5-7-9-11-13-15-17-19-21-23-25-27-29-31-33-35-37-43-40-41(39-42(3)4)44-38-36-34-32-30-28-26-24-22-20-18-16-14-12-10-8-6-2/h13-16,19-22,25-28,41H,5-12,17-18,23-24,29-40H2,1-4H3. The molecule has 0 radical (unpaired) electrons. The number of hydrogen-bond acceptors (Lipinski definition) is 3. The second kappa shape index (κ2) is 37.5. The Balaban J connectivity index is 3.70. The van der Waals surface area contributed by atoms with Gasteiger partial charge >= 0.3 is 0 Å². The Morgan fingerprint density at radius 2 is 0.841 bits per heavy atom. The third kappa shape index (κ3) is 36.5. The molecular weight excluding hydrogens is 538 g/mol. The average Bonchev–Trinajstić information content (AvgIpc) is 3.01. The lowest BCUT2D eigenvalue weighted by Gasteiger charge is -2.21. The summed E-state index contributed by atoms with van der Waals surface area (Å²) in [6, 6.07) is 0. The van der Waals surface area contributed by atoms with E-state index in [4.69, 9.17) is 9.47 Å². The Morgan fingerprint density at radius 1 is 0.455 bits per heavy atom. The first-order chi connectivity index (χ1) is 21.7. The SMILES string of the molecule is CCCCCC=CCC=CCC=CCCCCCOCC(CN(C)C)OCCCCCC=CCC=CCC=CCCCCC. The maximum Gasteiger partial charge on any atom is 0.0934 e. The monoisotopic (exact) mass is 612 g/mol. The van der Waals surface area contributed by atoms with Crippen LogP contribution < -0.4 is 0 Å². The summed E-state index contributed by atoms with van der Waals surface area (Å²) in [5, 5.41) is 0. The van der Waals surface area contributed by atoms with Gasteiger partial charge in [0, 0.05) is 19.8 Å². The Labute approximate surface area is 275 Å². The van der Waals surface area contributed by atoms with E-state index in [1.165, 1.54) is 89.9 Å². The van der Waals surface area contributed by atoms with Crippen LogP contribution in [0.1, 0.15) is 142 Å². The molecule has 0 rings (SSSR count). The van der Waals surface area contributed by atoms with Crippen LogP contribution in [0.5, 0.6) is 0 Å². The molecule has 0 aliphatic carbocycles. The first-order valence-corrected chi connectivity index (χ1v) is 18.4. The van der Waals surface area contributed by atoms with Crippen LogP contribution in [-0.4, -0.2) is 51.5 Å². The Hall–Kier alpha value is -1.68. The zero-order chi connectivity index (χ0) is 32.0. The van der Waals surface area contributed by atoms with Gasteiger partial charge in [-0.15, -0.1) is 0 Å². The average molecular weight is 612 g/mol. The third-order valence-corrected chi connectivity index (χ3v) is 7.44. The van der Waals surface area contributed by atoms with Crippen molar-refractivity contribution in [3.05, 3.63) is 72.9 Å². The van der Waals surface area contributed by atoms with E-state index in [2.05, 4.69) is 106 Å². The van der Waals surface area contributed by atoms with E-state index in [0.717, 1.165) is 58.3 Å². The number of likely N-dealkylation sites (N-methyl/N-ethyl adjacent to an activating group) is 1. The fourth-order valence-electron chi connectivity index (χ4n) is 4.79. The van der Waals surface area contributed by atoms with E-state index < -0.39 is 0 Å². The van der Waals surface area contributed by atoms with E-state index in [1.807, 2.05) is 0 Å². The van der Waals surface area contributed by atoms with Gasteiger partial charge < -0.3 is 14.4 Å². The molecule has 0 heterocycles. The number of unbranched alkanes of at least 4 members (excludes halogenated alkanes) is 12. The quantitative estimate of drug-likeness (QED) is 0.0544. The normalized spacial score (nSPS) is 13.6. The topological polar surface area (TPSA) is 21.7 Å². The van der Waals surface area contributed by atoms with Gasteiger partial charge in [-0.1, -0.05) is 125 Å². The Bertz CT molecular complexity index is 731.